The number of carbonyl (C=O) groups excluding carboxylic acids is 2. The molecule has 2 amide bonds. The first-order valence-corrected chi connectivity index (χ1v) is 8.94. The van der Waals surface area contributed by atoms with Gasteiger partial charge < -0.3 is 10.6 Å². The van der Waals surface area contributed by atoms with Crippen LogP contribution in [0.5, 0.6) is 0 Å². The summed E-state index contributed by atoms with van der Waals surface area (Å²) in [7, 11) is -3.69. The molecule has 0 radical (unpaired) electrons. The zero-order valence-electron chi connectivity index (χ0n) is 12.9. The minimum absolute atomic E-state index is 0.0676. The highest BCUT2D eigenvalue weighted by molar-refractivity contribution is 7.89. The summed E-state index contributed by atoms with van der Waals surface area (Å²) < 4.78 is 26.3. The molecule has 0 aliphatic heterocycles. The molecule has 0 heterocycles. The maximum Gasteiger partial charge on any atom is 0.242 e. The molecular weight excluding hydrogens is 342 g/mol. The van der Waals surface area contributed by atoms with Crippen LogP contribution in [0.4, 0.5) is 0 Å². The summed E-state index contributed by atoms with van der Waals surface area (Å²) in [5, 5.41) is 5.51. The zero-order chi connectivity index (χ0) is 17.5. The molecular formula is C14H20ClN3O4S. The second-order valence-corrected chi connectivity index (χ2v) is 6.99. The predicted molar refractivity (Wildman–Crippen MR) is 87.5 cm³/mol. The summed E-state index contributed by atoms with van der Waals surface area (Å²) in [4.78, 5) is 23.2. The first kappa shape index (κ1) is 19.4. The topological polar surface area (TPSA) is 104 Å². The summed E-state index contributed by atoms with van der Waals surface area (Å²) >= 11 is 5.70. The second kappa shape index (κ2) is 8.85. The standard InChI is InChI=1S/C14H20ClN3O4S/c1-3-16-14(20)10(2)18-13(19)8-9-17-23(21,22)12-6-4-11(15)5-7-12/h4-7,10,17H,3,8-9H2,1-2H3,(H,16,20)(H,18,19)/t10-/m1/s1. The Labute approximate surface area is 140 Å². The van der Waals surface area contributed by atoms with Crippen LogP contribution in [0.3, 0.4) is 0 Å². The lowest BCUT2D eigenvalue weighted by Gasteiger charge is -2.13. The van der Waals surface area contributed by atoms with Crippen molar-refractivity contribution in [2.45, 2.75) is 31.2 Å². The second-order valence-electron chi connectivity index (χ2n) is 4.79. The fourth-order valence-electron chi connectivity index (χ4n) is 1.70. The quantitative estimate of drug-likeness (QED) is 0.632. The molecule has 0 aliphatic carbocycles. The SMILES string of the molecule is CCNC(=O)[C@@H](C)NC(=O)CCNS(=O)(=O)c1ccc(Cl)cc1. The predicted octanol–water partition coefficient (Wildman–Crippen LogP) is 0.649. The molecule has 23 heavy (non-hydrogen) atoms. The van der Waals surface area contributed by atoms with Gasteiger partial charge in [0, 0.05) is 24.5 Å². The number of rotatable bonds is 8. The molecule has 1 aromatic carbocycles. The number of hydrogen-bond acceptors (Lipinski definition) is 4. The number of benzene rings is 1. The van der Waals surface area contributed by atoms with Gasteiger partial charge in [0.05, 0.1) is 4.90 Å². The molecule has 1 rings (SSSR count). The smallest absolute Gasteiger partial charge is 0.242 e. The van der Waals surface area contributed by atoms with Gasteiger partial charge in [-0.2, -0.15) is 0 Å². The van der Waals surface area contributed by atoms with Crippen LogP contribution in [0.15, 0.2) is 29.2 Å². The molecule has 3 N–H and O–H groups in total. The third-order valence-electron chi connectivity index (χ3n) is 2.89. The van der Waals surface area contributed by atoms with E-state index in [4.69, 9.17) is 11.6 Å². The van der Waals surface area contributed by atoms with Crippen LogP contribution in [0.25, 0.3) is 0 Å². The van der Waals surface area contributed by atoms with E-state index in [1.807, 2.05) is 0 Å². The average molecular weight is 362 g/mol. The first-order valence-electron chi connectivity index (χ1n) is 7.08. The molecule has 0 aliphatic rings. The van der Waals surface area contributed by atoms with Crippen molar-refractivity contribution in [1.29, 1.82) is 0 Å². The maximum atomic E-state index is 12.0. The lowest BCUT2D eigenvalue weighted by Crippen LogP contribution is -2.45. The van der Waals surface area contributed by atoms with E-state index in [9.17, 15) is 18.0 Å². The lowest BCUT2D eigenvalue weighted by atomic mass is 10.3. The summed E-state index contributed by atoms with van der Waals surface area (Å²) in [6, 6.07) is 5.02. The van der Waals surface area contributed by atoms with E-state index in [0.29, 0.717) is 11.6 Å². The third kappa shape index (κ3) is 6.55. The Morgan fingerprint density at radius 3 is 2.39 bits per heavy atom. The van der Waals surface area contributed by atoms with Crippen molar-refractivity contribution in [3.63, 3.8) is 0 Å². The average Bonchev–Trinajstić information content (AvgIpc) is 2.47. The minimum Gasteiger partial charge on any atom is -0.355 e. The fraction of sp³-hybridized carbons (Fsp3) is 0.429. The van der Waals surface area contributed by atoms with E-state index in [1.165, 1.54) is 24.3 Å². The van der Waals surface area contributed by atoms with Crippen LogP contribution in [-0.4, -0.2) is 39.4 Å². The highest BCUT2D eigenvalue weighted by Gasteiger charge is 2.16. The third-order valence-corrected chi connectivity index (χ3v) is 4.62. The first-order chi connectivity index (χ1) is 10.8. The number of halogens is 1. The molecule has 0 aromatic heterocycles. The molecule has 9 heteroatoms. The number of sulfonamides is 1. The number of carbonyl (C=O) groups is 2. The zero-order valence-corrected chi connectivity index (χ0v) is 14.5. The summed E-state index contributed by atoms with van der Waals surface area (Å²) in [5.74, 6) is -0.704. The Bertz CT molecular complexity index is 646. The minimum atomic E-state index is -3.69. The van der Waals surface area contributed by atoms with Crippen molar-refractivity contribution in [2.24, 2.45) is 0 Å². The van der Waals surface area contributed by atoms with Gasteiger partial charge in [0.1, 0.15) is 6.04 Å². The molecule has 0 fully saturated rings. The molecule has 0 bridgehead atoms. The van der Waals surface area contributed by atoms with Gasteiger partial charge in [-0.25, -0.2) is 13.1 Å². The van der Waals surface area contributed by atoms with Gasteiger partial charge in [0.2, 0.25) is 21.8 Å². The van der Waals surface area contributed by atoms with Crippen molar-refractivity contribution >= 4 is 33.4 Å². The lowest BCUT2D eigenvalue weighted by molar-refractivity contribution is -0.128. The van der Waals surface area contributed by atoms with E-state index in [-0.39, 0.29) is 23.8 Å². The van der Waals surface area contributed by atoms with Crippen molar-refractivity contribution in [1.82, 2.24) is 15.4 Å². The molecule has 1 aromatic rings. The van der Waals surface area contributed by atoms with E-state index < -0.39 is 22.0 Å². The van der Waals surface area contributed by atoms with Crippen LogP contribution < -0.4 is 15.4 Å². The van der Waals surface area contributed by atoms with Gasteiger partial charge in [0.15, 0.2) is 0 Å². The molecule has 0 saturated carbocycles. The van der Waals surface area contributed by atoms with E-state index in [1.54, 1.807) is 13.8 Å². The maximum absolute atomic E-state index is 12.0. The van der Waals surface area contributed by atoms with Crippen molar-refractivity contribution in [3.05, 3.63) is 29.3 Å². The molecule has 0 unspecified atom stereocenters. The Balaban J connectivity index is 2.45. The highest BCUT2D eigenvalue weighted by atomic mass is 35.5. The van der Waals surface area contributed by atoms with Crippen LogP contribution in [0, 0.1) is 0 Å². The highest BCUT2D eigenvalue weighted by Crippen LogP contribution is 2.13. The largest absolute Gasteiger partial charge is 0.355 e. The Morgan fingerprint density at radius 2 is 1.83 bits per heavy atom. The molecule has 0 spiro atoms. The normalized spacial score (nSPS) is 12.5. The van der Waals surface area contributed by atoms with Crippen LogP contribution in [0.1, 0.15) is 20.3 Å². The van der Waals surface area contributed by atoms with E-state index in [0.717, 1.165) is 0 Å². The fourth-order valence-corrected chi connectivity index (χ4v) is 2.86. The van der Waals surface area contributed by atoms with Crippen LogP contribution >= 0.6 is 11.6 Å². The Hall–Kier alpha value is -1.64. The number of hydrogen-bond donors (Lipinski definition) is 3. The van der Waals surface area contributed by atoms with Crippen molar-refractivity contribution < 1.29 is 18.0 Å². The summed E-state index contributed by atoms with van der Waals surface area (Å²) in [6.07, 6.45) is -0.0729. The van der Waals surface area contributed by atoms with Gasteiger partial charge in [-0.3, -0.25) is 9.59 Å². The van der Waals surface area contributed by atoms with E-state index >= 15 is 0 Å². The summed E-state index contributed by atoms with van der Waals surface area (Å²) in [5.41, 5.74) is 0. The number of nitrogens with one attached hydrogen (secondary N) is 3. The van der Waals surface area contributed by atoms with Gasteiger partial charge in [0.25, 0.3) is 0 Å². The van der Waals surface area contributed by atoms with Gasteiger partial charge in [-0.05, 0) is 38.1 Å². The van der Waals surface area contributed by atoms with Gasteiger partial charge >= 0.3 is 0 Å². The van der Waals surface area contributed by atoms with Crippen LogP contribution in [-0.2, 0) is 19.6 Å². The van der Waals surface area contributed by atoms with Crippen LogP contribution in [0.2, 0.25) is 5.02 Å². The van der Waals surface area contributed by atoms with E-state index in [2.05, 4.69) is 15.4 Å². The van der Waals surface area contributed by atoms with Gasteiger partial charge in [-0.1, -0.05) is 11.6 Å². The molecule has 7 nitrogen and oxygen atoms in total. The Morgan fingerprint density at radius 1 is 1.22 bits per heavy atom. The molecule has 128 valence electrons. The summed E-state index contributed by atoms with van der Waals surface area (Å²) in [6.45, 7) is 3.73. The van der Waals surface area contributed by atoms with Gasteiger partial charge in [-0.15, -0.1) is 0 Å². The molecule has 1 atom stereocenters. The molecule has 0 saturated heterocycles. The Kier molecular flexibility index (Phi) is 7.47. The number of amides is 2. The van der Waals surface area contributed by atoms with Crippen molar-refractivity contribution in [3.8, 4) is 0 Å². The van der Waals surface area contributed by atoms with Crippen molar-refractivity contribution in [2.75, 3.05) is 13.1 Å². The number of likely N-dealkylation sites (N-methyl/N-ethyl adjacent to an activating group) is 1. The monoisotopic (exact) mass is 361 g/mol.